The number of nitrogens with one attached hydrogen (secondary N) is 2. The molecule has 1 aliphatic heterocycles. The van der Waals surface area contributed by atoms with Crippen molar-refractivity contribution < 1.29 is 14.0 Å². The van der Waals surface area contributed by atoms with Gasteiger partial charge in [-0.2, -0.15) is 0 Å². The van der Waals surface area contributed by atoms with Gasteiger partial charge < -0.3 is 20.0 Å². The summed E-state index contributed by atoms with van der Waals surface area (Å²) in [6.07, 6.45) is 1.97. The molecule has 0 radical (unpaired) electrons. The molecule has 24 heavy (non-hydrogen) atoms. The topological polar surface area (TPSA) is 74.6 Å². The van der Waals surface area contributed by atoms with Crippen LogP contribution in [0.1, 0.15) is 21.7 Å². The van der Waals surface area contributed by atoms with Crippen molar-refractivity contribution in [1.82, 2.24) is 15.5 Å². The number of rotatable bonds is 5. The molecule has 1 aromatic heterocycles. The number of carbonyl (C=O) groups is 2. The van der Waals surface area contributed by atoms with Gasteiger partial charge in [0.05, 0.1) is 6.26 Å². The number of benzene rings is 1. The number of hydrogen-bond donors (Lipinski definition) is 2. The Hall–Kier alpha value is -2.60. The monoisotopic (exact) mass is 327 g/mol. The number of furan rings is 1. The molecule has 1 aromatic carbocycles. The minimum absolute atomic E-state index is 0.139. The first-order valence-electron chi connectivity index (χ1n) is 8.04. The van der Waals surface area contributed by atoms with Crippen LogP contribution in [0.25, 0.3) is 0 Å². The van der Waals surface area contributed by atoms with Crippen LogP contribution in [-0.4, -0.2) is 42.9 Å². The van der Waals surface area contributed by atoms with Gasteiger partial charge in [0.2, 0.25) is 5.91 Å². The van der Waals surface area contributed by atoms with Crippen molar-refractivity contribution in [3.63, 3.8) is 0 Å². The molecular weight excluding hydrogens is 306 g/mol. The van der Waals surface area contributed by atoms with Gasteiger partial charge in [0, 0.05) is 26.1 Å². The molecule has 2 amide bonds. The lowest BCUT2D eigenvalue weighted by Gasteiger charge is -2.35. The Morgan fingerprint density at radius 2 is 1.96 bits per heavy atom. The fraction of sp³-hybridized carbons (Fsp3) is 0.333. The lowest BCUT2D eigenvalue weighted by molar-refractivity contribution is -0.126. The molecule has 6 heteroatoms. The van der Waals surface area contributed by atoms with Crippen LogP contribution >= 0.6 is 0 Å². The zero-order valence-electron chi connectivity index (χ0n) is 13.6. The molecule has 1 unspecified atom stereocenters. The van der Waals surface area contributed by atoms with Crippen molar-refractivity contribution in [1.29, 1.82) is 0 Å². The molecule has 1 atom stereocenters. The predicted molar refractivity (Wildman–Crippen MR) is 89.5 cm³/mol. The Morgan fingerprint density at radius 3 is 2.67 bits per heavy atom. The maximum Gasteiger partial charge on any atom is 0.290 e. The molecule has 2 aromatic rings. The first kappa shape index (κ1) is 16.3. The fourth-order valence-corrected chi connectivity index (χ4v) is 2.94. The van der Waals surface area contributed by atoms with E-state index in [0.717, 1.165) is 11.1 Å². The SMILES string of the molecule is CNCCNC(=O)C1Cc2ccccc2CN1C(=O)c1ccco1. The summed E-state index contributed by atoms with van der Waals surface area (Å²) in [6, 6.07) is 10.7. The normalized spacial score (nSPS) is 16.5. The molecule has 0 spiro atoms. The summed E-state index contributed by atoms with van der Waals surface area (Å²) in [5.74, 6) is -0.148. The Labute approximate surface area is 140 Å². The third-order valence-corrected chi connectivity index (χ3v) is 4.22. The number of hydrogen-bond acceptors (Lipinski definition) is 4. The van der Waals surface area contributed by atoms with E-state index in [9.17, 15) is 9.59 Å². The van der Waals surface area contributed by atoms with Crippen LogP contribution in [0.2, 0.25) is 0 Å². The fourth-order valence-electron chi connectivity index (χ4n) is 2.94. The van der Waals surface area contributed by atoms with Crippen molar-refractivity contribution in [3.8, 4) is 0 Å². The molecule has 126 valence electrons. The van der Waals surface area contributed by atoms with Gasteiger partial charge in [-0.1, -0.05) is 24.3 Å². The number of likely N-dealkylation sites (N-methyl/N-ethyl adjacent to an activating group) is 1. The van der Waals surface area contributed by atoms with Gasteiger partial charge in [0.1, 0.15) is 6.04 Å². The second-order valence-corrected chi connectivity index (χ2v) is 5.79. The molecular formula is C18H21N3O3. The average molecular weight is 327 g/mol. The third kappa shape index (κ3) is 3.33. The average Bonchev–Trinajstić information content (AvgIpc) is 3.14. The molecule has 6 nitrogen and oxygen atoms in total. The summed E-state index contributed by atoms with van der Waals surface area (Å²) in [6.45, 7) is 1.61. The van der Waals surface area contributed by atoms with Crippen molar-refractivity contribution in [3.05, 3.63) is 59.5 Å². The second-order valence-electron chi connectivity index (χ2n) is 5.79. The Morgan fingerprint density at radius 1 is 1.17 bits per heavy atom. The van der Waals surface area contributed by atoms with Gasteiger partial charge in [-0.3, -0.25) is 9.59 Å². The van der Waals surface area contributed by atoms with Crippen LogP contribution < -0.4 is 10.6 Å². The van der Waals surface area contributed by atoms with Crippen LogP contribution in [0.4, 0.5) is 0 Å². The van der Waals surface area contributed by atoms with Gasteiger partial charge in [-0.15, -0.1) is 0 Å². The van der Waals surface area contributed by atoms with Gasteiger partial charge >= 0.3 is 0 Å². The van der Waals surface area contributed by atoms with E-state index in [1.165, 1.54) is 6.26 Å². The van der Waals surface area contributed by atoms with Crippen LogP contribution in [0.15, 0.2) is 47.1 Å². The Kier molecular flexibility index (Phi) is 4.96. The highest BCUT2D eigenvalue weighted by atomic mass is 16.3. The van der Waals surface area contributed by atoms with Gasteiger partial charge in [0.25, 0.3) is 5.91 Å². The molecule has 0 aliphatic carbocycles. The van der Waals surface area contributed by atoms with E-state index in [0.29, 0.717) is 26.1 Å². The van der Waals surface area contributed by atoms with Crippen molar-refractivity contribution in [2.75, 3.05) is 20.1 Å². The lowest BCUT2D eigenvalue weighted by atomic mass is 9.93. The van der Waals surface area contributed by atoms with Crippen LogP contribution in [0.3, 0.4) is 0 Å². The van der Waals surface area contributed by atoms with E-state index in [4.69, 9.17) is 4.42 Å². The predicted octanol–water partition coefficient (Wildman–Crippen LogP) is 1.18. The van der Waals surface area contributed by atoms with Crippen molar-refractivity contribution in [2.45, 2.75) is 19.0 Å². The molecule has 2 heterocycles. The molecule has 2 N–H and O–H groups in total. The quantitative estimate of drug-likeness (QED) is 0.809. The maximum atomic E-state index is 12.8. The third-order valence-electron chi connectivity index (χ3n) is 4.22. The lowest BCUT2D eigenvalue weighted by Crippen LogP contribution is -2.53. The number of amides is 2. The van der Waals surface area contributed by atoms with Crippen molar-refractivity contribution >= 4 is 11.8 Å². The Balaban J connectivity index is 1.84. The molecule has 0 saturated carbocycles. The van der Waals surface area contributed by atoms with Gasteiger partial charge in [-0.25, -0.2) is 0 Å². The van der Waals surface area contributed by atoms with E-state index in [2.05, 4.69) is 10.6 Å². The Bertz CT molecular complexity index is 712. The highest BCUT2D eigenvalue weighted by molar-refractivity contribution is 5.96. The zero-order chi connectivity index (χ0) is 16.9. The number of nitrogens with zero attached hydrogens (tertiary/aromatic N) is 1. The largest absolute Gasteiger partial charge is 0.459 e. The van der Waals surface area contributed by atoms with Crippen LogP contribution in [0.5, 0.6) is 0 Å². The summed E-state index contributed by atoms with van der Waals surface area (Å²) >= 11 is 0. The van der Waals surface area contributed by atoms with Crippen LogP contribution in [-0.2, 0) is 17.8 Å². The zero-order valence-corrected chi connectivity index (χ0v) is 13.6. The summed E-state index contributed by atoms with van der Waals surface area (Å²) in [5.41, 5.74) is 2.17. The van der Waals surface area contributed by atoms with Gasteiger partial charge in [-0.05, 0) is 30.3 Å². The summed E-state index contributed by atoms with van der Waals surface area (Å²) < 4.78 is 5.23. The molecule has 1 aliphatic rings. The highest BCUT2D eigenvalue weighted by Crippen LogP contribution is 2.25. The first-order valence-corrected chi connectivity index (χ1v) is 8.04. The summed E-state index contributed by atoms with van der Waals surface area (Å²) in [4.78, 5) is 27.0. The molecule has 3 rings (SSSR count). The minimum Gasteiger partial charge on any atom is -0.459 e. The standard InChI is InChI=1S/C18H21N3O3/c1-19-8-9-20-17(22)15-11-13-5-2-3-6-14(13)12-21(15)18(23)16-7-4-10-24-16/h2-7,10,15,19H,8-9,11-12H2,1H3,(H,20,22). The van der Waals surface area contributed by atoms with E-state index in [1.807, 2.05) is 31.3 Å². The van der Waals surface area contributed by atoms with E-state index < -0.39 is 6.04 Å². The number of fused-ring (bicyclic) bond motifs is 1. The molecule has 0 saturated heterocycles. The van der Waals surface area contributed by atoms with Crippen molar-refractivity contribution in [2.24, 2.45) is 0 Å². The minimum atomic E-state index is -0.533. The molecule has 0 bridgehead atoms. The molecule has 0 fully saturated rings. The summed E-state index contributed by atoms with van der Waals surface area (Å²) in [7, 11) is 1.83. The first-order chi connectivity index (χ1) is 11.7. The van der Waals surface area contributed by atoms with E-state index in [-0.39, 0.29) is 17.6 Å². The summed E-state index contributed by atoms with van der Waals surface area (Å²) in [5, 5.41) is 5.88. The number of carbonyl (C=O) groups excluding carboxylic acids is 2. The second kappa shape index (κ2) is 7.31. The maximum absolute atomic E-state index is 12.8. The smallest absolute Gasteiger partial charge is 0.290 e. The van der Waals surface area contributed by atoms with E-state index >= 15 is 0 Å². The van der Waals surface area contributed by atoms with Crippen LogP contribution in [0, 0.1) is 0 Å². The van der Waals surface area contributed by atoms with Gasteiger partial charge in [0.15, 0.2) is 5.76 Å². The van der Waals surface area contributed by atoms with E-state index in [1.54, 1.807) is 17.0 Å². The highest BCUT2D eigenvalue weighted by Gasteiger charge is 2.35.